The fourth-order valence-corrected chi connectivity index (χ4v) is 2.43. The van der Waals surface area contributed by atoms with Crippen LogP contribution in [0.25, 0.3) is 0 Å². The summed E-state index contributed by atoms with van der Waals surface area (Å²) in [5.74, 6) is 0. The number of anilines is 1. The summed E-state index contributed by atoms with van der Waals surface area (Å²) >= 11 is 5.16. The highest BCUT2D eigenvalue weighted by molar-refractivity contribution is 9.10. The van der Waals surface area contributed by atoms with Crippen LogP contribution in [-0.2, 0) is 6.54 Å². The fourth-order valence-electron chi connectivity index (χ4n) is 1.46. The maximum Gasteiger partial charge on any atom is 0.0898 e. The van der Waals surface area contributed by atoms with Crippen molar-refractivity contribution < 1.29 is 0 Å². The Hall–Kier alpha value is -0.870. The third-order valence-electron chi connectivity index (χ3n) is 2.33. The molecule has 0 radical (unpaired) electrons. The molecule has 0 atom stereocenters. The maximum absolute atomic E-state index is 4.42. The minimum absolute atomic E-state index is 0.779. The van der Waals surface area contributed by atoms with Crippen LogP contribution in [0.5, 0.6) is 0 Å². The minimum atomic E-state index is 0.779. The van der Waals surface area contributed by atoms with Gasteiger partial charge in [-0.05, 0) is 31.5 Å². The molecule has 84 valence electrons. The summed E-state index contributed by atoms with van der Waals surface area (Å²) in [6.07, 6.45) is 0. The summed E-state index contributed by atoms with van der Waals surface area (Å²) in [5, 5.41) is 6.60. The predicted octanol–water partition coefficient (Wildman–Crippen LogP) is 4.13. The van der Waals surface area contributed by atoms with Crippen molar-refractivity contribution in [2.45, 2.75) is 20.4 Å². The number of rotatable bonds is 3. The Balaban J connectivity index is 2.07. The quantitative estimate of drug-likeness (QED) is 0.921. The first-order valence-electron chi connectivity index (χ1n) is 5.06. The number of nitrogens with zero attached hydrogens (tertiary/aromatic N) is 1. The summed E-state index contributed by atoms with van der Waals surface area (Å²) in [6, 6.07) is 6.24. The second-order valence-electron chi connectivity index (χ2n) is 3.67. The number of hydrogen-bond acceptors (Lipinski definition) is 3. The lowest BCUT2D eigenvalue weighted by Crippen LogP contribution is -2.01. The SMILES string of the molecule is Cc1nc(CNc2cc(Br)ccc2C)cs1. The Kier molecular flexibility index (Phi) is 3.61. The van der Waals surface area contributed by atoms with Crippen molar-refractivity contribution in [1.29, 1.82) is 0 Å². The molecule has 0 aliphatic rings. The average molecular weight is 297 g/mol. The molecule has 0 aliphatic heterocycles. The lowest BCUT2D eigenvalue weighted by atomic mass is 10.2. The molecule has 0 saturated heterocycles. The number of nitrogens with one attached hydrogen (secondary N) is 1. The van der Waals surface area contributed by atoms with Gasteiger partial charge in [-0.2, -0.15) is 0 Å². The average Bonchev–Trinajstić information content (AvgIpc) is 2.66. The Bertz CT molecular complexity index is 494. The Morgan fingerprint density at radius 1 is 1.38 bits per heavy atom. The van der Waals surface area contributed by atoms with Crippen molar-refractivity contribution in [3.8, 4) is 0 Å². The van der Waals surface area contributed by atoms with Crippen LogP contribution in [0.4, 0.5) is 5.69 Å². The van der Waals surface area contributed by atoms with E-state index >= 15 is 0 Å². The highest BCUT2D eigenvalue weighted by Crippen LogP contribution is 2.21. The van der Waals surface area contributed by atoms with Gasteiger partial charge in [0.15, 0.2) is 0 Å². The number of aromatic nitrogens is 1. The Labute approximate surface area is 108 Å². The standard InChI is InChI=1S/C12H13BrN2S/c1-8-3-4-10(13)5-12(8)14-6-11-7-16-9(2)15-11/h3-5,7,14H,6H2,1-2H3. The molecular formula is C12H13BrN2S. The van der Waals surface area contributed by atoms with E-state index in [-0.39, 0.29) is 0 Å². The highest BCUT2D eigenvalue weighted by atomic mass is 79.9. The summed E-state index contributed by atoms with van der Waals surface area (Å²) < 4.78 is 1.09. The molecule has 0 saturated carbocycles. The van der Waals surface area contributed by atoms with E-state index in [1.54, 1.807) is 11.3 Å². The van der Waals surface area contributed by atoms with Gasteiger partial charge in [-0.1, -0.05) is 22.0 Å². The number of hydrogen-bond donors (Lipinski definition) is 1. The second kappa shape index (κ2) is 4.97. The molecule has 0 fully saturated rings. The Morgan fingerprint density at radius 3 is 2.88 bits per heavy atom. The van der Waals surface area contributed by atoms with Crippen molar-refractivity contribution in [2.75, 3.05) is 5.32 Å². The summed E-state index contributed by atoms with van der Waals surface area (Å²) in [6.45, 7) is 4.90. The molecule has 1 aromatic carbocycles. The van der Waals surface area contributed by atoms with Gasteiger partial charge >= 0.3 is 0 Å². The summed E-state index contributed by atoms with van der Waals surface area (Å²) in [5.41, 5.74) is 3.50. The molecule has 0 spiro atoms. The van der Waals surface area contributed by atoms with Gasteiger partial charge in [0.2, 0.25) is 0 Å². The first-order valence-corrected chi connectivity index (χ1v) is 6.73. The van der Waals surface area contributed by atoms with E-state index in [1.807, 2.05) is 13.0 Å². The van der Waals surface area contributed by atoms with E-state index in [2.05, 4.69) is 50.7 Å². The monoisotopic (exact) mass is 296 g/mol. The van der Waals surface area contributed by atoms with Crippen molar-refractivity contribution in [2.24, 2.45) is 0 Å². The van der Waals surface area contributed by atoms with Crippen molar-refractivity contribution in [3.63, 3.8) is 0 Å². The summed E-state index contributed by atoms with van der Waals surface area (Å²) in [4.78, 5) is 4.42. The lowest BCUT2D eigenvalue weighted by molar-refractivity contribution is 1.05. The van der Waals surface area contributed by atoms with Gasteiger partial charge in [0.25, 0.3) is 0 Å². The molecule has 16 heavy (non-hydrogen) atoms. The van der Waals surface area contributed by atoms with E-state index < -0.39 is 0 Å². The number of aryl methyl sites for hydroxylation is 2. The number of benzene rings is 1. The van der Waals surface area contributed by atoms with Gasteiger partial charge in [-0.15, -0.1) is 11.3 Å². The largest absolute Gasteiger partial charge is 0.379 e. The smallest absolute Gasteiger partial charge is 0.0898 e. The zero-order valence-electron chi connectivity index (χ0n) is 9.25. The number of halogens is 1. The fraction of sp³-hybridized carbons (Fsp3) is 0.250. The highest BCUT2D eigenvalue weighted by Gasteiger charge is 2.01. The first-order chi connectivity index (χ1) is 7.65. The van der Waals surface area contributed by atoms with Gasteiger partial charge in [0.05, 0.1) is 17.2 Å². The van der Waals surface area contributed by atoms with E-state index in [0.29, 0.717) is 0 Å². The van der Waals surface area contributed by atoms with Gasteiger partial charge in [-0.3, -0.25) is 0 Å². The molecule has 0 aliphatic carbocycles. The van der Waals surface area contributed by atoms with Gasteiger partial charge < -0.3 is 5.32 Å². The van der Waals surface area contributed by atoms with Crippen molar-refractivity contribution in [1.82, 2.24) is 4.98 Å². The van der Waals surface area contributed by atoms with Gasteiger partial charge in [-0.25, -0.2) is 4.98 Å². The maximum atomic E-state index is 4.42. The third kappa shape index (κ3) is 2.83. The van der Waals surface area contributed by atoms with Gasteiger partial charge in [0, 0.05) is 15.5 Å². The molecule has 0 bridgehead atoms. The molecular weight excluding hydrogens is 284 g/mol. The van der Waals surface area contributed by atoms with Crippen LogP contribution in [0.15, 0.2) is 28.1 Å². The topological polar surface area (TPSA) is 24.9 Å². The van der Waals surface area contributed by atoms with Crippen LogP contribution in [-0.4, -0.2) is 4.98 Å². The van der Waals surface area contributed by atoms with E-state index in [1.165, 1.54) is 5.56 Å². The molecule has 2 nitrogen and oxygen atoms in total. The predicted molar refractivity (Wildman–Crippen MR) is 73.1 cm³/mol. The van der Waals surface area contributed by atoms with Crippen LogP contribution >= 0.6 is 27.3 Å². The normalized spacial score (nSPS) is 10.4. The van der Waals surface area contributed by atoms with E-state index in [4.69, 9.17) is 0 Å². The molecule has 0 amide bonds. The zero-order valence-corrected chi connectivity index (χ0v) is 11.7. The third-order valence-corrected chi connectivity index (χ3v) is 3.64. The Morgan fingerprint density at radius 2 is 2.19 bits per heavy atom. The van der Waals surface area contributed by atoms with Crippen LogP contribution in [0.1, 0.15) is 16.3 Å². The first kappa shape index (κ1) is 11.6. The molecule has 1 N–H and O–H groups in total. The molecule has 2 aromatic rings. The van der Waals surface area contributed by atoms with E-state index in [0.717, 1.165) is 27.4 Å². The van der Waals surface area contributed by atoms with Crippen LogP contribution in [0.3, 0.4) is 0 Å². The molecule has 2 rings (SSSR count). The number of thiazole rings is 1. The molecule has 4 heteroatoms. The second-order valence-corrected chi connectivity index (χ2v) is 5.65. The minimum Gasteiger partial charge on any atom is -0.379 e. The van der Waals surface area contributed by atoms with E-state index in [9.17, 15) is 0 Å². The van der Waals surface area contributed by atoms with Crippen molar-refractivity contribution in [3.05, 3.63) is 44.3 Å². The molecule has 1 aromatic heterocycles. The van der Waals surface area contributed by atoms with Crippen molar-refractivity contribution >= 4 is 33.0 Å². The molecule has 0 unspecified atom stereocenters. The zero-order chi connectivity index (χ0) is 11.5. The van der Waals surface area contributed by atoms with Crippen LogP contribution in [0.2, 0.25) is 0 Å². The van der Waals surface area contributed by atoms with Crippen LogP contribution < -0.4 is 5.32 Å². The van der Waals surface area contributed by atoms with Crippen LogP contribution in [0, 0.1) is 13.8 Å². The van der Waals surface area contributed by atoms with Gasteiger partial charge in [0.1, 0.15) is 0 Å². The lowest BCUT2D eigenvalue weighted by Gasteiger charge is -2.08. The molecule has 1 heterocycles. The summed E-state index contributed by atoms with van der Waals surface area (Å²) in [7, 11) is 0.